The van der Waals surface area contributed by atoms with E-state index in [0.717, 1.165) is 4.57 Å². The first-order valence-corrected chi connectivity index (χ1v) is 5.63. The summed E-state index contributed by atoms with van der Waals surface area (Å²) in [7, 11) is 3.19. The normalized spacial score (nSPS) is 16.3. The molecule has 0 unspecified atom stereocenters. The van der Waals surface area contributed by atoms with Gasteiger partial charge in [-0.1, -0.05) is 0 Å². The van der Waals surface area contributed by atoms with Gasteiger partial charge >= 0.3 is 5.69 Å². The minimum Gasteiger partial charge on any atom is -0.378 e. The van der Waals surface area contributed by atoms with E-state index in [1.165, 1.54) is 11.6 Å². The van der Waals surface area contributed by atoms with Gasteiger partial charge in [-0.2, -0.15) is 0 Å². The first kappa shape index (κ1) is 11.9. The molecule has 0 atom stereocenters. The predicted octanol–water partition coefficient (Wildman–Crippen LogP) is -0.771. The van der Waals surface area contributed by atoms with Gasteiger partial charge in [0.2, 0.25) is 0 Å². The lowest BCUT2D eigenvalue weighted by Gasteiger charge is -2.31. The zero-order chi connectivity index (χ0) is 12.6. The third-order valence-corrected chi connectivity index (χ3v) is 3.16. The monoisotopic (exact) mass is 239 g/mol. The Kier molecular flexibility index (Phi) is 3.06. The molecule has 1 aliphatic heterocycles. The van der Waals surface area contributed by atoms with Crippen LogP contribution in [0.5, 0.6) is 0 Å². The SMILES string of the molecule is Cc1c(N2CCOCC2)n(C)c(=O)n(C)c1=O. The number of ether oxygens (including phenoxy) is 1. The van der Waals surface area contributed by atoms with Gasteiger partial charge in [0.15, 0.2) is 0 Å². The van der Waals surface area contributed by atoms with Gasteiger partial charge in [-0.05, 0) is 6.92 Å². The molecule has 0 saturated carbocycles. The molecule has 0 N–H and O–H groups in total. The largest absolute Gasteiger partial charge is 0.378 e. The second-order valence-electron chi connectivity index (χ2n) is 4.25. The summed E-state index contributed by atoms with van der Waals surface area (Å²) in [6.07, 6.45) is 0. The Hall–Kier alpha value is -1.56. The summed E-state index contributed by atoms with van der Waals surface area (Å²) >= 11 is 0. The number of rotatable bonds is 1. The third-order valence-electron chi connectivity index (χ3n) is 3.16. The molecular formula is C11H17N3O3. The molecule has 0 aromatic carbocycles. The number of morpholine rings is 1. The van der Waals surface area contributed by atoms with Gasteiger partial charge in [0.1, 0.15) is 5.82 Å². The molecule has 0 bridgehead atoms. The van der Waals surface area contributed by atoms with E-state index in [4.69, 9.17) is 4.74 Å². The topological polar surface area (TPSA) is 56.5 Å². The first-order valence-electron chi connectivity index (χ1n) is 5.63. The van der Waals surface area contributed by atoms with Crippen molar-refractivity contribution in [1.82, 2.24) is 9.13 Å². The molecule has 6 heteroatoms. The van der Waals surface area contributed by atoms with Crippen LogP contribution in [-0.4, -0.2) is 35.4 Å². The van der Waals surface area contributed by atoms with Crippen molar-refractivity contribution in [3.8, 4) is 0 Å². The van der Waals surface area contributed by atoms with Crippen molar-refractivity contribution < 1.29 is 4.74 Å². The molecule has 6 nitrogen and oxygen atoms in total. The fourth-order valence-corrected chi connectivity index (χ4v) is 2.23. The lowest BCUT2D eigenvalue weighted by atomic mass is 10.3. The van der Waals surface area contributed by atoms with E-state index in [1.54, 1.807) is 14.0 Å². The van der Waals surface area contributed by atoms with E-state index in [9.17, 15) is 9.59 Å². The highest BCUT2D eigenvalue weighted by Gasteiger charge is 2.19. The number of hydrogen-bond acceptors (Lipinski definition) is 4. The van der Waals surface area contributed by atoms with E-state index in [0.29, 0.717) is 37.7 Å². The Bertz CT molecular complexity index is 501. The van der Waals surface area contributed by atoms with Crippen molar-refractivity contribution in [1.29, 1.82) is 0 Å². The Morgan fingerprint density at radius 1 is 1.06 bits per heavy atom. The Morgan fingerprint density at radius 3 is 2.24 bits per heavy atom. The summed E-state index contributed by atoms with van der Waals surface area (Å²) in [4.78, 5) is 25.8. The second kappa shape index (κ2) is 4.37. The summed E-state index contributed by atoms with van der Waals surface area (Å²) in [6, 6.07) is 0. The van der Waals surface area contributed by atoms with Crippen LogP contribution in [0.4, 0.5) is 5.82 Å². The Balaban J connectivity index is 2.61. The molecule has 0 aliphatic carbocycles. The summed E-state index contributed by atoms with van der Waals surface area (Å²) in [5.41, 5.74) is 0.0909. The summed E-state index contributed by atoms with van der Waals surface area (Å²) in [5.74, 6) is 0.710. The van der Waals surface area contributed by atoms with Crippen LogP contribution < -0.4 is 16.1 Å². The van der Waals surface area contributed by atoms with Crippen LogP contribution >= 0.6 is 0 Å². The maximum atomic E-state index is 11.9. The van der Waals surface area contributed by atoms with E-state index < -0.39 is 0 Å². The number of aromatic nitrogens is 2. The van der Waals surface area contributed by atoms with Gasteiger partial charge in [0.05, 0.1) is 18.8 Å². The minimum absolute atomic E-state index is 0.227. The fourth-order valence-electron chi connectivity index (χ4n) is 2.23. The molecular weight excluding hydrogens is 222 g/mol. The fraction of sp³-hybridized carbons (Fsp3) is 0.636. The van der Waals surface area contributed by atoms with E-state index >= 15 is 0 Å². The number of nitrogens with zero attached hydrogens (tertiary/aromatic N) is 3. The van der Waals surface area contributed by atoms with Gasteiger partial charge < -0.3 is 9.64 Å². The average molecular weight is 239 g/mol. The second-order valence-corrected chi connectivity index (χ2v) is 4.25. The summed E-state index contributed by atoms with van der Waals surface area (Å²) in [5, 5.41) is 0. The minimum atomic E-state index is -0.290. The van der Waals surface area contributed by atoms with Gasteiger partial charge in [-0.15, -0.1) is 0 Å². The highest BCUT2D eigenvalue weighted by molar-refractivity contribution is 5.46. The number of hydrogen-bond donors (Lipinski definition) is 0. The highest BCUT2D eigenvalue weighted by Crippen LogP contribution is 2.15. The zero-order valence-corrected chi connectivity index (χ0v) is 10.4. The van der Waals surface area contributed by atoms with E-state index in [2.05, 4.69) is 0 Å². The smallest absolute Gasteiger partial charge is 0.332 e. The van der Waals surface area contributed by atoms with Crippen molar-refractivity contribution in [3.63, 3.8) is 0 Å². The molecule has 0 amide bonds. The molecule has 1 aromatic rings. The maximum absolute atomic E-state index is 11.9. The molecule has 1 aliphatic rings. The molecule has 94 valence electrons. The average Bonchev–Trinajstić information content (AvgIpc) is 2.36. The van der Waals surface area contributed by atoms with Crippen LogP contribution in [0.15, 0.2) is 9.59 Å². The summed E-state index contributed by atoms with van der Waals surface area (Å²) < 4.78 is 7.94. The van der Waals surface area contributed by atoms with Crippen molar-refractivity contribution in [2.75, 3.05) is 31.2 Å². The van der Waals surface area contributed by atoms with Crippen LogP contribution in [0, 0.1) is 6.92 Å². The van der Waals surface area contributed by atoms with Gasteiger partial charge in [0, 0.05) is 27.2 Å². The molecule has 1 aromatic heterocycles. The number of anilines is 1. The van der Waals surface area contributed by atoms with Crippen LogP contribution in [-0.2, 0) is 18.8 Å². The standard InChI is InChI=1S/C11H17N3O3/c1-8-9(14-4-6-17-7-5-14)12(2)11(16)13(3)10(8)15/h4-7H2,1-3H3. The van der Waals surface area contributed by atoms with Gasteiger partial charge in [-0.3, -0.25) is 13.9 Å². The molecule has 0 spiro atoms. The van der Waals surface area contributed by atoms with Crippen LogP contribution in [0.3, 0.4) is 0 Å². The molecule has 17 heavy (non-hydrogen) atoms. The molecule has 2 rings (SSSR count). The van der Waals surface area contributed by atoms with Crippen molar-refractivity contribution >= 4 is 5.82 Å². The van der Waals surface area contributed by atoms with Crippen LogP contribution in [0.25, 0.3) is 0 Å². The first-order chi connectivity index (χ1) is 8.04. The quantitative estimate of drug-likeness (QED) is 0.645. The van der Waals surface area contributed by atoms with Crippen molar-refractivity contribution in [3.05, 3.63) is 26.4 Å². The van der Waals surface area contributed by atoms with Gasteiger partial charge in [0.25, 0.3) is 5.56 Å². The van der Waals surface area contributed by atoms with Crippen LogP contribution in [0.2, 0.25) is 0 Å². The van der Waals surface area contributed by atoms with Crippen molar-refractivity contribution in [2.24, 2.45) is 14.1 Å². The van der Waals surface area contributed by atoms with Crippen molar-refractivity contribution in [2.45, 2.75) is 6.92 Å². The lowest BCUT2D eigenvalue weighted by Crippen LogP contribution is -2.45. The third kappa shape index (κ3) is 1.88. The summed E-state index contributed by atoms with van der Waals surface area (Å²) in [6.45, 7) is 4.43. The highest BCUT2D eigenvalue weighted by atomic mass is 16.5. The molecule has 0 radical (unpaired) electrons. The predicted molar refractivity (Wildman–Crippen MR) is 64.7 cm³/mol. The maximum Gasteiger partial charge on any atom is 0.332 e. The zero-order valence-electron chi connectivity index (χ0n) is 10.4. The van der Waals surface area contributed by atoms with E-state index in [-0.39, 0.29) is 11.2 Å². The molecule has 1 fully saturated rings. The molecule has 1 saturated heterocycles. The Morgan fingerprint density at radius 2 is 1.65 bits per heavy atom. The van der Waals surface area contributed by atoms with E-state index in [1.807, 2.05) is 4.90 Å². The Labute approximate surface area is 99.0 Å². The van der Waals surface area contributed by atoms with Crippen LogP contribution in [0.1, 0.15) is 5.56 Å². The lowest BCUT2D eigenvalue weighted by molar-refractivity contribution is 0.122. The van der Waals surface area contributed by atoms with Gasteiger partial charge in [-0.25, -0.2) is 4.79 Å². The molecule has 2 heterocycles.